The van der Waals surface area contributed by atoms with Crippen molar-refractivity contribution in [2.24, 2.45) is 0 Å². The van der Waals surface area contributed by atoms with Crippen molar-refractivity contribution in [2.45, 2.75) is 45.6 Å². The van der Waals surface area contributed by atoms with E-state index in [1.165, 1.54) is 5.56 Å². The Morgan fingerprint density at radius 3 is 2.44 bits per heavy atom. The van der Waals surface area contributed by atoms with Gasteiger partial charge in [0.1, 0.15) is 0 Å². The van der Waals surface area contributed by atoms with Gasteiger partial charge in [0.2, 0.25) is 5.95 Å². The summed E-state index contributed by atoms with van der Waals surface area (Å²) in [6.07, 6.45) is 8.55. The molecule has 0 N–H and O–H groups in total. The smallest absolute Gasteiger partial charge is 0.225 e. The first-order valence-electron chi connectivity index (χ1n) is 7.01. The Bertz CT molecular complexity index is 345. The van der Waals surface area contributed by atoms with Crippen LogP contribution in [0.25, 0.3) is 0 Å². The van der Waals surface area contributed by atoms with Gasteiger partial charge < -0.3 is 9.64 Å². The van der Waals surface area contributed by atoms with Crippen molar-refractivity contribution in [1.29, 1.82) is 0 Å². The summed E-state index contributed by atoms with van der Waals surface area (Å²) >= 11 is 0. The lowest BCUT2D eigenvalue weighted by Gasteiger charge is -2.31. The van der Waals surface area contributed by atoms with E-state index in [1.807, 2.05) is 12.4 Å². The summed E-state index contributed by atoms with van der Waals surface area (Å²) in [5.74, 6) is 0.862. The number of hydrogen-bond acceptors (Lipinski definition) is 4. The first kappa shape index (κ1) is 13.3. The molecule has 0 spiro atoms. The molecular formula is C14H23N3O. The lowest BCUT2D eigenvalue weighted by atomic mass is 10.1. The summed E-state index contributed by atoms with van der Waals surface area (Å²) in [5, 5.41) is 0. The van der Waals surface area contributed by atoms with E-state index in [0.29, 0.717) is 6.10 Å². The van der Waals surface area contributed by atoms with E-state index in [-0.39, 0.29) is 0 Å². The minimum Gasteiger partial charge on any atom is -0.378 e. The van der Waals surface area contributed by atoms with E-state index in [0.717, 1.165) is 51.3 Å². The maximum Gasteiger partial charge on any atom is 0.225 e. The van der Waals surface area contributed by atoms with Crippen molar-refractivity contribution in [3.63, 3.8) is 0 Å². The van der Waals surface area contributed by atoms with Crippen LogP contribution in [0.5, 0.6) is 0 Å². The van der Waals surface area contributed by atoms with Gasteiger partial charge in [0.25, 0.3) is 0 Å². The van der Waals surface area contributed by atoms with Gasteiger partial charge >= 0.3 is 0 Å². The van der Waals surface area contributed by atoms with E-state index in [4.69, 9.17) is 4.74 Å². The maximum absolute atomic E-state index is 5.79. The monoisotopic (exact) mass is 249 g/mol. The summed E-state index contributed by atoms with van der Waals surface area (Å²) in [5.41, 5.74) is 1.19. The van der Waals surface area contributed by atoms with Gasteiger partial charge in [-0.15, -0.1) is 0 Å². The fraction of sp³-hybridized carbons (Fsp3) is 0.714. The minimum absolute atomic E-state index is 0.427. The van der Waals surface area contributed by atoms with Crippen molar-refractivity contribution in [3.8, 4) is 0 Å². The Labute approximate surface area is 109 Å². The standard InChI is InChI=1S/C14H23N3O/c1-3-9-18-13-5-7-17(8-6-13)14-15-10-12(4-2)11-16-14/h10-11,13H,3-9H2,1-2H3. The van der Waals surface area contributed by atoms with Gasteiger partial charge in [0.15, 0.2) is 0 Å². The van der Waals surface area contributed by atoms with Gasteiger partial charge in [-0.1, -0.05) is 13.8 Å². The summed E-state index contributed by atoms with van der Waals surface area (Å²) in [4.78, 5) is 11.1. The van der Waals surface area contributed by atoms with Crippen molar-refractivity contribution in [2.75, 3.05) is 24.6 Å². The molecule has 2 heterocycles. The van der Waals surface area contributed by atoms with Crippen molar-refractivity contribution < 1.29 is 4.74 Å². The quantitative estimate of drug-likeness (QED) is 0.803. The number of anilines is 1. The molecule has 4 heteroatoms. The summed E-state index contributed by atoms with van der Waals surface area (Å²) in [6.45, 7) is 7.15. The van der Waals surface area contributed by atoms with Crippen LogP contribution in [0.3, 0.4) is 0 Å². The Hall–Kier alpha value is -1.16. The number of ether oxygens (including phenoxy) is 1. The van der Waals surface area contributed by atoms with Gasteiger partial charge in [-0.2, -0.15) is 0 Å². The molecule has 0 unspecified atom stereocenters. The van der Waals surface area contributed by atoms with Gasteiger partial charge in [-0.3, -0.25) is 0 Å². The molecule has 0 saturated carbocycles. The van der Waals surface area contributed by atoms with Crippen LogP contribution in [0, 0.1) is 0 Å². The van der Waals surface area contributed by atoms with E-state index >= 15 is 0 Å². The zero-order valence-electron chi connectivity index (χ0n) is 11.4. The highest BCUT2D eigenvalue weighted by molar-refractivity contribution is 5.30. The molecule has 1 aliphatic heterocycles. The normalized spacial score (nSPS) is 17.1. The number of nitrogens with zero attached hydrogens (tertiary/aromatic N) is 3. The van der Waals surface area contributed by atoms with E-state index in [2.05, 4.69) is 28.7 Å². The molecule has 0 amide bonds. The van der Waals surface area contributed by atoms with E-state index < -0.39 is 0 Å². The molecule has 0 aromatic carbocycles. The van der Waals surface area contributed by atoms with Gasteiger partial charge in [0, 0.05) is 32.1 Å². The highest BCUT2D eigenvalue weighted by Crippen LogP contribution is 2.18. The topological polar surface area (TPSA) is 38.2 Å². The summed E-state index contributed by atoms with van der Waals surface area (Å²) < 4.78 is 5.79. The molecule has 2 rings (SSSR count). The predicted molar refractivity (Wildman–Crippen MR) is 72.9 cm³/mol. The molecule has 18 heavy (non-hydrogen) atoms. The van der Waals surface area contributed by atoms with Gasteiger partial charge in [-0.05, 0) is 31.2 Å². The van der Waals surface area contributed by atoms with Crippen LogP contribution in [0.2, 0.25) is 0 Å². The Morgan fingerprint density at radius 1 is 1.22 bits per heavy atom. The fourth-order valence-corrected chi connectivity index (χ4v) is 2.20. The third-order valence-electron chi connectivity index (χ3n) is 3.38. The Balaban J connectivity index is 1.84. The molecule has 1 saturated heterocycles. The minimum atomic E-state index is 0.427. The molecule has 0 bridgehead atoms. The predicted octanol–water partition coefficient (Wildman–Crippen LogP) is 2.43. The first-order valence-corrected chi connectivity index (χ1v) is 7.01. The zero-order valence-corrected chi connectivity index (χ0v) is 11.4. The number of piperidine rings is 1. The second-order valence-corrected chi connectivity index (χ2v) is 4.80. The third kappa shape index (κ3) is 3.42. The lowest BCUT2D eigenvalue weighted by Crippen LogP contribution is -2.38. The molecule has 100 valence electrons. The average Bonchev–Trinajstić information content (AvgIpc) is 2.46. The number of aryl methyl sites for hydroxylation is 1. The molecule has 1 fully saturated rings. The SMILES string of the molecule is CCCOC1CCN(c2ncc(CC)cn2)CC1. The van der Waals surface area contributed by atoms with Gasteiger partial charge in [0.05, 0.1) is 6.10 Å². The molecule has 1 aromatic rings. The lowest BCUT2D eigenvalue weighted by molar-refractivity contribution is 0.0373. The largest absolute Gasteiger partial charge is 0.378 e. The van der Waals surface area contributed by atoms with Crippen LogP contribution in [0.4, 0.5) is 5.95 Å². The van der Waals surface area contributed by atoms with Crippen LogP contribution in [0.15, 0.2) is 12.4 Å². The molecule has 0 aliphatic carbocycles. The summed E-state index contributed by atoms with van der Waals surface area (Å²) in [6, 6.07) is 0. The second kappa shape index (κ2) is 6.69. The van der Waals surface area contributed by atoms with Crippen LogP contribution in [-0.2, 0) is 11.2 Å². The second-order valence-electron chi connectivity index (χ2n) is 4.80. The Kier molecular flexibility index (Phi) is 4.93. The summed E-state index contributed by atoms with van der Waals surface area (Å²) in [7, 11) is 0. The molecular weight excluding hydrogens is 226 g/mol. The number of aromatic nitrogens is 2. The molecule has 0 radical (unpaired) electrons. The fourth-order valence-electron chi connectivity index (χ4n) is 2.20. The van der Waals surface area contributed by atoms with Crippen LogP contribution >= 0.6 is 0 Å². The third-order valence-corrected chi connectivity index (χ3v) is 3.38. The number of hydrogen-bond donors (Lipinski definition) is 0. The van der Waals surface area contributed by atoms with Crippen LogP contribution in [-0.4, -0.2) is 35.8 Å². The molecule has 1 aliphatic rings. The highest BCUT2D eigenvalue weighted by Gasteiger charge is 2.20. The van der Waals surface area contributed by atoms with Crippen LogP contribution < -0.4 is 4.90 Å². The molecule has 1 aromatic heterocycles. The maximum atomic E-state index is 5.79. The van der Waals surface area contributed by atoms with E-state index in [9.17, 15) is 0 Å². The van der Waals surface area contributed by atoms with Crippen molar-refractivity contribution >= 4 is 5.95 Å². The molecule has 0 atom stereocenters. The molecule has 4 nitrogen and oxygen atoms in total. The number of rotatable bonds is 5. The van der Waals surface area contributed by atoms with Crippen LogP contribution in [0.1, 0.15) is 38.7 Å². The first-order chi connectivity index (χ1) is 8.83. The zero-order chi connectivity index (χ0) is 12.8. The van der Waals surface area contributed by atoms with Crippen molar-refractivity contribution in [1.82, 2.24) is 9.97 Å². The Morgan fingerprint density at radius 2 is 1.89 bits per heavy atom. The highest BCUT2D eigenvalue weighted by atomic mass is 16.5. The van der Waals surface area contributed by atoms with Gasteiger partial charge in [-0.25, -0.2) is 9.97 Å². The average molecular weight is 249 g/mol. The van der Waals surface area contributed by atoms with E-state index in [1.54, 1.807) is 0 Å². The van der Waals surface area contributed by atoms with Crippen molar-refractivity contribution in [3.05, 3.63) is 18.0 Å².